The Morgan fingerprint density at radius 2 is 1.60 bits per heavy atom. The lowest BCUT2D eigenvalue weighted by atomic mass is 9.84. The van der Waals surface area contributed by atoms with E-state index in [0.29, 0.717) is 5.92 Å². The normalized spacial score (nSPS) is 13.1. The second kappa shape index (κ2) is 6.95. The molecular weight excluding hydrogens is 424 g/mol. The minimum absolute atomic E-state index is 0.152. The predicted octanol–water partition coefficient (Wildman–Crippen LogP) is 9.25. The standard InChI is InChI=1S/C33H30N2/c1-19(2)22-11-8-12-27-29(22)24-14-13-20-15-16-34-30-25-17-21-9-6-7-10-23(21)26(18-33(3,4)5)31(25)35(27)32(24)28(20)30/h6-17,19H,18H2,1-5H3. The molecular formula is C33H30N2. The first-order chi connectivity index (χ1) is 16.8. The minimum atomic E-state index is 0.152. The van der Waals surface area contributed by atoms with Crippen molar-refractivity contribution in [3.63, 3.8) is 0 Å². The number of benzene rings is 4. The lowest BCUT2D eigenvalue weighted by Gasteiger charge is -2.23. The van der Waals surface area contributed by atoms with Gasteiger partial charge in [-0.2, -0.15) is 0 Å². The molecule has 0 N–H and O–H groups in total. The Kier molecular flexibility index (Phi) is 4.11. The molecule has 7 rings (SSSR count). The highest BCUT2D eigenvalue weighted by Gasteiger charge is 2.25. The van der Waals surface area contributed by atoms with Crippen LogP contribution in [0, 0.1) is 5.41 Å². The maximum Gasteiger partial charge on any atom is 0.0823 e. The number of pyridine rings is 2. The highest BCUT2D eigenvalue weighted by Crippen LogP contribution is 2.45. The molecule has 0 aliphatic carbocycles. The molecule has 0 radical (unpaired) electrons. The smallest absolute Gasteiger partial charge is 0.0823 e. The molecule has 172 valence electrons. The van der Waals surface area contributed by atoms with Crippen LogP contribution in [0.3, 0.4) is 0 Å². The summed E-state index contributed by atoms with van der Waals surface area (Å²) in [4.78, 5) is 5.02. The summed E-state index contributed by atoms with van der Waals surface area (Å²) in [7, 11) is 0. The molecule has 0 fully saturated rings. The Labute approximate surface area is 205 Å². The molecule has 0 atom stereocenters. The van der Waals surface area contributed by atoms with E-state index in [2.05, 4.69) is 106 Å². The van der Waals surface area contributed by atoms with Crippen LogP contribution in [-0.4, -0.2) is 9.38 Å². The lowest BCUT2D eigenvalue weighted by molar-refractivity contribution is 0.413. The Morgan fingerprint density at radius 1 is 0.771 bits per heavy atom. The van der Waals surface area contributed by atoms with Crippen LogP contribution in [0.15, 0.2) is 72.9 Å². The maximum absolute atomic E-state index is 5.02. The zero-order valence-corrected chi connectivity index (χ0v) is 21.1. The van der Waals surface area contributed by atoms with Gasteiger partial charge in [0.05, 0.1) is 22.1 Å². The lowest BCUT2D eigenvalue weighted by Crippen LogP contribution is -2.11. The summed E-state index contributed by atoms with van der Waals surface area (Å²) in [5.41, 5.74) is 8.04. The second-order valence-electron chi connectivity index (χ2n) is 11.7. The van der Waals surface area contributed by atoms with Crippen LogP contribution in [0.1, 0.15) is 51.7 Å². The Bertz CT molecular complexity index is 1930. The number of fused-ring (bicyclic) bond motifs is 7. The van der Waals surface area contributed by atoms with Gasteiger partial charge in [-0.25, -0.2) is 0 Å². The summed E-state index contributed by atoms with van der Waals surface area (Å²) in [6.07, 6.45) is 2.98. The van der Waals surface area contributed by atoms with Crippen LogP contribution in [0.5, 0.6) is 0 Å². The zero-order valence-electron chi connectivity index (χ0n) is 21.1. The first kappa shape index (κ1) is 20.7. The Morgan fingerprint density at radius 3 is 2.40 bits per heavy atom. The third-order valence-electron chi connectivity index (χ3n) is 7.65. The topological polar surface area (TPSA) is 17.3 Å². The van der Waals surface area contributed by atoms with E-state index in [0.717, 1.165) is 11.9 Å². The van der Waals surface area contributed by atoms with Crippen LogP contribution in [-0.2, 0) is 6.42 Å². The van der Waals surface area contributed by atoms with Gasteiger partial charge in [0.2, 0.25) is 0 Å². The quantitative estimate of drug-likeness (QED) is 0.188. The van der Waals surface area contributed by atoms with Gasteiger partial charge in [-0.15, -0.1) is 0 Å². The number of hydrogen-bond acceptors (Lipinski definition) is 1. The highest BCUT2D eigenvalue weighted by atomic mass is 14.9. The fourth-order valence-corrected chi connectivity index (χ4v) is 6.32. The maximum atomic E-state index is 5.02. The fourth-order valence-electron chi connectivity index (χ4n) is 6.32. The molecule has 0 bridgehead atoms. The van der Waals surface area contributed by atoms with Crippen molar-refractivity contribution in [2.75, 3.05) is 0 Å². The average Bonchev–Trinajstić information content (AvgIpc) is 3.17. The molecule has 0 aliphatic rings. The van der Waals surface area contributed by atoms with Gasteiger partial charge >= 0.3 is 0 Å². The van der Waals surface area contributed by atoms with E-state index in [9.17, 15) is 0 Å². The van der Waals surface area contributed by atoms with Crippen LogP contribution in [0.4, 0.5) is 0 Å². The SMILES string of the molecule is CC(C)c1cccc2c1c1ccc3ccnc4c5cc6ccccc6c(CC(C)(C)C)c5n2c1c34. The van der Waals surface area contributed by atoms with Crippen molar-refractivity contribution in [3.05, 3.63) is 84.1 Å². The number of aromatic nitrogens is 2. The summed E-state index contributed by atoms with van der Waals surface area (Å²) in [5, 5.41) is 9.15. The molecule has 4 aromatic carbocycles. The highest BCUT2D eigenvalue weighted by molar-refractivity contribution is 6.29. The Hall–Kier alpha value is -3.65. The molecule has 0 aliphatic heterocycles. The van der Waals surface area contributed by atoms with Crippen molar-refractivity contribution in [2.45, 2.75) is 47.0 Å². The monoisotopic (exact) mass is 454 g/mol. The van der Waals surface area contributed by atoms with Gasteiger partial charge < -0.3 is 4.40 Å². The largest absolute Gasteiger partial charge is 0.308 e. The van der Waals surface area contributed by atoms with E-state index in [-0.39, 0.29) is 5.41 Å². The van der Waals surface area contributed by atoms with Crippen molar-refractivity contribution in [3.8, 4) is 0 Å². The minimum Gasteiger partial charge on any atom is -0.308 e. The predicted molar refractivity (Wildman–Crippen MR) is 151 cm³/mol. The van der Waals surface area contributed by atoms with Crippen molar-refractivity contribution in [1.82, 2.24) is 9.38 Å². The van der Waals surface area contributed by atoms with E-state index >= 15 is 0 Å². The van der Waals surface area contributed by atoms with Crippen LogP contribution in [0.2, 0.25) is 0 Å². The van der Waals surface area contributed by atoms with E-state index < -0.39 is 0 Å². The number of hydrogen-bond donors (Lipinski definition) is 0. The molecule has 2 nitrogen and oxygen atoms in total. The fraction of sp³-hybridized carbons (Fsp3) is 0.242. The molecule has 7 aromatic rings. The van der Waals surface area contributed by atoms with Gasteiger partial charge in [0.15, 0.2) is 0 Å². The van der Waals surface area contributed by atoms with Crippen molar-refractivity contribution >= 4 is 59.8 Å². The third kappa shape index (κ3) is 2.80. The van der Waals surface area contributed by atoms with Crippen LogP contribution < -0.4 is 0 Å². The summed E-state index contributed by atoms with van der Waals surface area (Å²) in [6.45, 7) is 11.6. The van der Waals surface area contributed by atoms with Crippen molar-refractivity contribution in [1.29, 1.82) is 0 Å². The Balaban J connectivity index is 1.88. The molecule has 3 heterocycles. The molecule has 35 heavy (non-hydrogen) atoms. The third-order valence-corrected chi connectivity index (χ3v) is 7.65. The number of rotatable bonds is 2. The van der Waals surface area contributed by atoms with Gasteiger partial charge in [0.25, 0.3) is 0 Å². The molecule has 2 heteroatoms. The first-order valence-electron chi connectivity index (χ1n) is 12.7. The molecule has 0 unspecified atom stereocenters. The molecule has 0 amide bonds. The van der Waals surface area contributed by atoms with Gasteiger partial charge in [0, 0.05) is 27.7 Å². The van der Waals surface area contributed by atoms with Gasteiger partial charge in [-0.1, -0.05) is 83.1 Å². The van der Waals surface area contributed by atoms with Crippen molar-refractivity contribution < 1.29 is 0 Å². The van der Waals surface area contributed by atoms with Crippen molar-refractivity contribution in [2.24, 2.45) is 5.41 Å². The molecule has 0 saturated carbocycles. The van der Waals surface area contributed by atoms with E-state index in [1.807, 2.05) is 6.20 Å². The van der Waals surface area contributed by atoms with Gasteiger partial charge in [0.1, 0.15) is 0 Å². The average molecular weight is 455 g/mol. The van der Waals surface area contributed by atoms with Crippen LogP contribution >= 0.6 is 0 Å². The molecule has 3 aromatic heterocycles. The van der Waals surface area contributed by atoms with E-state index in [1.165, 1.54) is 65.4 Å². The van der Waals surface area contributed by atoms with Gasteiger partial charge in [-0.3, -0.25) is 4.98 Å². The summed E-state index contributed by atoms with van der Waals surface area (Å²) in [5.74, 6) is 0.452. The van der Waals surface area contributed by atoms with Crippen LogP contribution in [0.25, 0.3) is 59.8 Å². The van der Waals surface area contributed by atoms with E-state index in [1.54, 1.807) is 0 Å². The van der Waals surface area contributed by atoms with E-state index in [4.69, 9.17) is 4.98 Å². The zero-order chi connectivity index (χ0) is 24.1. The summed E-state index contributed by atoms with van der Waals surface area (Å²) < 4.78 is 2.58. The first-order valence-corrected chi connectivity index (χ1v) is 12.7. The van der Waals surface area contributed by atoms with Gasteiger partial charge in [-0.05, 0) is 63.2 Å². The second-order valence-corrected chi connectivity index (χ2v) is 11.7. The summed E-state index contributed by atoms with van der Waals surface area (Å²) in [6, 6.07) is 24.9. The summed E-state index contributed by atoms with van der Waals surface area (Å²) >= 11 is 0. The number of nitrogens with zero attached hydrogens (tertiary/aromatic N) is 2. The molecule has 0 saturated heterocycles. The molecule has 0 spiro atoms.